The molecule has 1 saturated heterocycles. The number of piperazine rings is 1. The van der Waals surface area contributed by atoms with Crippen LogP contribution in [0.25, 0.3) is 10.2 Å². The lowest BCUT2D eigenvalue weighted by molar-refractivity contribution is 0.177. The van der Waals surface area contributed by atoms with Gasteiger partial charge in [-0.05, 0) is 18.6 Å². The van der Waals surface area contributed by atoms with Crippen molar-refractivity contribution in [3.63, 3.8) is 0 Å². The minimum Gasteiger partial charge on any atom is -0.383 e. The lowest BCUT2D eigenvalue weighted by atomic mass is 10.2. The minimum atomic E-state index is -0.0325. The SMILES string of the molecule is COCCNC(=O)N1CCN(c2nc3c(C)ccc(Cl)c3s2)CC1. The van der Waals surface area contributed by atoms with Crippen molar-refractivity contribution in [2.45, 2.75) is 6.92 Å². The number of urea groups is 1. The first kappa shape index (κ1) is 17.3. The Bertz CT molecular complexity index is 689. The normalized spacial score (nSPS) is 15.1. The van der Waals surface area contributed by atoms with Gasteiger partial charge in [-0.3, -0.25) is 0 Å². The molecule has 2 heterocycles. The average Bonchev–Trinajstić information content (AvgIpc) is 3.05. The molecular weight excluding hydrogens is 348 g/mol. The highest BCUT2D eigenvalue weighted by molar-refractivity contribution is 7.22. The summed E-state index contributed by atoms with van der Waals surface area (Å²) >= 11 is 7.91. The third-order valence-electron chi connectivity index (χ3n) is 4.11. The van der Waals surface area contributed by atoms with Gasteiger partial charge in [0, 0.05) is 39.8 Å². The van der Waals surface area contributed by atoms with Crippen LogP contribution in [-0.4, -0.2) is 62.4 Å². The molecule has 6 nitrogen and oxygen atoms in total. The summed E-state index contributed by atoms with van der Waals surface area (Å²) in [6, 6.07) is 3.88. The topological polar surface area (TPSA) is 57.7 Å². The van der Waals surface area contributed by atoms with Crippen LogP contribution in [-0.2, 0) is 4.74 Å². The maximum Gasteiger partial charge on any atom is 0.317 e. The van der Waals surface area contributed by atoms with Crippen molar-refractivity contribution in [1.29, 1.82) is 0 Å². The Morgan fingerprint density at radius 2 is 2.12 bits per heavy atom. The molecule has 1 fully saturated rings. The zero-order valence-electron chi connectivity index (χ0n) is 13.8. The van der Waals surface area contributed by atoms with Crippen molar-refractivity contribution in [1.82, 2.24) is 15.2 Å². The van der Waals surface area contributed by atoms with E-state index in [9.17, 15) is 4.79 Å². The molecule has 130 valence electrons. The molecule has 0 saturated carbocycles. The number of aromatic nitrogens is 1. The number of ether oxygens (including phenoxy) is 1. The van der Waals surface area contributed by atoms with E-state index in [4.69, 9.17) is 21.3 Å². The van der Waals surface area contributed by atoms with Crippen LogP contribution in [0.5, 0.6) is 0 Å². The number of anilines is 1. The molecule has 0 radical (unpaired) electrons. The summed E-state index contributed by atoms with van der Waals surface area (Å²) in [6.45, 7) is 6.01. The number of carbonyl (C=O) groups is 1. The Kier molecular flexibility index (Phi) is 5.43. The molecule has 2 aromatic rings. The lowest BCUT2D eigenvalue weighted by Crippen LogP contribution is -2.52. The van der Waals surface area contributed by atoms with E-state index in [0.717, 1.165) is 39.0 Å². The van der Waals surface area contributed by atoms with Crippen LogP contribution in [0.15, 0.2) is 12.1 Å². The van der Waals surface area contributed by atoms with E-state index in [0.29, 0.717) is 26.2 Å². The molecule has 3 rings (SSSR count). The summed E-state index contributed by atoms with van der Waals surface area (Å²) in [4.78, 5) is 20.9. The van der Waals surface area contributed by atoms with Crippen LogP contribution >= 0.6 is 22.9 Å². The molecule has 0 bridgehead atoms. The molecule has 0 unspecified atom stereocenters. The van der Waals surface area contributed by atoms with Crippen molar-refractivity contribution in [2.75, 3.05) is 51.3 Å². The number of benzene rings is 1. The number of nitrogens with one attached hydrogen (secondary N) is 1. The highest BCUT2D eigenvalue weighted by atomic mass is 35.5. The fourth-order valence-electron chi connectivity index (χ4n) is 2.70. The van der Waals surface area contributed by atoms with Crippen molar-refractivity contribution in [3.05, 3.63) is 22.7 Å². The van der Waals surface area contributed by atoms with Crippen LogP contribution < -0.4 is 10.2 Å². The van der Waals surface area contributed by atoms with E-state index in [1.165, 1.54) is 0 Å². The molecule has 2 amide bonds. The predicted octanol–water partition coefficient (Wildman–Crippen LogP) is 2.74. The first-order valence-electron chi connectivity index (χ1n) is 7.92. The lowest BCUT2D eigenvalue weighted by Gasteiger charge is -2.34. The summed E-state index contributed by atoms with van der Waals surface area (Å²) in [5.41, 5.74) is 2.11. The number of nitrogens with zero attached hydrogens (tertiary/aromatic N) is 3. The Hall–Kier alpha value is -1.57. The third-order valence-corrected chi connectivity index (χ3v) is 5.68. The molecule has 0 spiro atoms. The van der Waals surface area contributed by atoms with Gasteiger partial charge in [0.2, 0.25) is 0 Å². The van der Waals surface area contributed by atoms with Gasteiger partial charge in [0.1, 0.15) is 0 Å². The second-order valence-electron chi connectivity index (χ2n) is 5.74. The maximum absolute atomic E-state index is 12.1. The van der Waals surface area contributed by atoms with Gasteiger partial charge in [-0.1, -0.05) is 29.0 Å². The average molecular weight is 369 g/mol. The van der Waals surface area contributed by atoms with E-state index < -0.39 is 0 Å². The summed E-state index contributed by atoms with van der Waals surface area (Å²) in [5, 5.41) is 4.58. The van der Waals surface area contributed by atoms with Gasteiger partial charge in [-0.15, -0.1) is 0 Å². The summed E-state index contributed by atoms with van der Waals surface area (Å²) in [7, 11) is 1.62. The van der Waals surface area contributed by atoms with Crippen molar-refractivity contribution in [2.24, 2.45) is 0 Å². The zero-order valence-corrected chi connectivity index (χ0v) is 15.4. The van der Waals surface area contributed by atoms with Gasteiger partial charge in [-0.25, -0.2) is 9.78 Å². The summed E-state index contributed by atoms with van der Waals surface area (Å²) < 4.78 is 5.98. The Morgan fingerprint density at radius 1 is 1.38 bits per heavy atom. The van der Waals surface area contributed by atoms with Gasteiger partial charge in [-0.2, -0.15) is 0 Å². The molecule has 1 aliphatic heterocycles. The number of hydrogen-bond acceptors (Lipinski definition) is 5. The third kappa shape index (κ3) is 3.58. The van der Waals surface area contributed by atoms with E-state index in [-0.39, 0.29) is 6.03 Å². The number of aryl methyl sites for hydroxylation is 1. The first-order chi connectivity index (χ1) is 11.6. The first-order valence-corrected chi connectivity index (χ1v) is 9.12. The summed E-state index contributed by atoms with van der Waals surface area (Å²) in [5.74, 6) is 0. The van der Waals surface area contributed by atoms with E-state index in [2.05, 4.69) is 10.2 Å². The number of thiazole rings is 1. The standard InChI is InChI=1S/C16H21ClN4O2S/c1-11-3-4-12(17)14-13(11)19-16(24-14)21-8-6-20(7-9-21)15(22)18-5-10-23-2/h3-4H,5-10H2,1-2H3,(H,18,22). The van der Waals surface area contributed by atoms with Gasteiger partial charge in [0.05, 0.1) is 21.8 Å². The Labute approximate surface area is 150 Å². The molecule has 1 aromatic carbocycles. The van der Waals surface area contributed by atoms with Crippen LogP contribution in [0.2, 0.25) is 5.02 Å². The number of fused-ring (bicyclic) bond motifs is 1. The number of hydrogen-bond donors (Lipinski definition) is 1. The molecule has 0 atom stereocenters. The van der Waals surface area contributed by atoms with Gasteiger partial charge >= 0.3 is 6.03 Å². The van der Waals surface area contributed by atoms with Crippen molar-refractivity contribution < 1.29 is 9.53 Å². The van der Waals surface area contributed by atoms with Gasteiger partial charge in [0.25, 0.3) is 0 Å². The van der Waals surface area contributed by atoms with E-state index in [1.807, 2.05) is 24.0 Å². The van der Waals surface area contributed by atoms with E-state index in [1.54, 1.807) is 18.4 Å². The molecule has 1 aromatic heterocycles. The molecule has 1 aliphatic rings. The number of carbonyl (C=O) groups excluding carboxylic acids is 1. The van der Waals surface area contributed by atoms with Gasteiger partial charge < -0.3 is 19.9 Å². The Morgan fingerprint density at radius 3 is 2.79 bits per heavy atom. The number of halogens is 1. The van der Waals surface area contributed by atoms with Crippen molar-refractivity contribution >= 4 is 44.3 Å². The largest absolute Gasteiger partial charge is 0.383 e. The van der Waals surface area contributed by atoms with Crippen LogP contribution in [0.4, 0.5) is 9.93 Å². The highest BCUT2D eigenvalue weighted by Gasteiger charge is 2.23. The molecular formula is C16H21ClN4O2S. The fraction of sp³-hybridized carbons (Fsp3) is 0.500. The smallest absolute Gasteiger partial charge is 0.317 e. The number of rotatable bonds is 4. The van der Waals surface area contributed by atoms with E-state index >= 15 is 0 Å². The zero-order chi connectivity index (χ0) is 17.1. The molecule has 0 aliphatic carbocycles. The van der Waals surface area contributed by atoms with Crippen molar-refractivity contribution in [3.8, 4) is 0 Å². The van der Waals surface area contributed by atoms with Gasteiger partial charge in [0.15, 0.2) is 5.13 Å². The predicted molar refractivity (Wildman–Crippen MR) is 98.4 cm³/mol. The quantitative estimate of drug-likeness (QED) is 0.843. The second-order valence-corrected chi connectivity index (χ2v) is 7.12. The minimum absolute atomic E-state index is 0.0325. The molecule has 24 heavy (non-hydrogen) atoms. The monoisotopic (exact) mass is 368 g/mol. The maximum atomic E-state index is 12.1. The van der Waals surface area contributed by atoms with Crippen LogP contribution in [0.1, 0.15) is 5.56 Å². The number of amides is 2. The Balaban J connectivity index is 1.64. The van der Waals surface area contributed by atoms with Crippen LogP contribution in [0, 0.1) is 6.92 Å². The summed E-state index contributed by atoms with van der Waals surface area (Å²) in [6.07, 6.45) is 0. The fourth-order valence-corrected chi connectivity index (χ4v) is 4.07. The second kappa shape index (κ2) is 7.55. The molecule has 8 heteroatoms. The number of methoxy groups -OCH3 is 1. The highest BCUT2D eigenvalue weighted by Crippen LogP contribution is 2.35. The molecule has 1 N–H and O–H groups in total. The van der Waals surface area contributed by atoms with Crippen LogP contribution in [0.3, 0.4) is 0 Å².